The Morgan fingerprint density at radius 2 is 1.68 bits per heavy atom. The van der Waals surface area contributed by atoms with Gasteiger partial charge in [-0.3, -0.25) is 4.79 Å². The van der Waals surface area contributed by atoms with Crippen LogP contribution in [0, 0.1) is 0 Å². The van der Waals surface area contributed by atoms with Crippen molar-refractivity contribution in [2.24, 2.45) is 0 Å². The molecule has 0 N–H and O–H groups in total. The van der Waals surface area contributed by atoms with Crippen molar-refractivity contribution in [2.75, 3.05) is 7.11 Å². The molecule has 0 spiro atoms. The van der Waals surface area contributed by atoms with Crippen LogP contribution in [0.15, 0.2) is 45.3 Å². The highest BCUT2D eigenvalue weighted by Gasteiger charge is 2.12. The average molecular weight is 404 g/mol. The van der Waals surface area contributed by atoms with Crippen LogP contribution in [-0.2, 0) is 0 Å². The summed E-state index contributed by atoms with van der Waals surface area (Å²) in [6.07, 6.45) is 0. The van der Waals surface area contributed by atoms with Crippen molar-refractivity contribution >= 4 is 49.2 Å². The molecule has 19 heavy (non-hydrogen) atoms. The van der Waals surface area contributed by atoms with Gasteiger partial charge in [-0.05, 0) is 36.4 Å². The highest BCUT2D eigenvalue weighted by atomic mass is 79.9. The van der Waals surface area contributed by atoms with Gasteiger partial charge >= 0.3 is 0 Å². The minimum atomic E-state index is -0.0912. The van der Waals surface area contributed by atoms with Crippen LogP contribution < -0.4 is 4.74 Å². The van der Waals surface area contributed by atoms with Gasteiger partial charge in [0, 0.05) is 20.1 Å². The van der Waals surface area contributed by atoms with Crippen LogP contribution >= 0.6 is 43.5 Å². The second-order valence-electron chi connectivity index (χ2n) is 3.84. The summed E-state index contributed by atoms with van der Waals surface area (Å²) in [5.41, 5.74) is 1.11. The van der Waals surface area contributed by atoms with E-state index in [0.717, 1.165) is 8.95 Å². The maximum absolute atomic E-state index is 12.4. The quantitative estimate of drug-likeness (QED) is 0.665. The Morgan fingerprint density at radius 3 is 2.21 bits per heavy atom. The first kappa shape index (κ1) is 14.6. The summed E-state index contributed by atoms with van der Waals surface area (Å²) < 4.78 is 6.74. The molecule has 0 saturated heterocycles. The zero-order valence-electron chi connectivity index (χ0n) is 9.91. The number of methoxy groups -OCH3 is 1. The van der Waals surface area contributed by atoms with E-state index in [2.05, 4.69) is 31.9 Å². The lowest BCUT2D eigenvalue weighted by Crippen LogP contribution is -2.01. The smallest absolute Gasteiger partial charge is 0.193 e. The molecule has 0 heterocycles. The molecule has 0 aliphatic heterocycles. The number of benzene rings is 2. The SMILES string of the molecule is COc1ccc(C(=O)c2cc(Br)cc(Br)c2)cc1Cl. The van der Waals surface area contributed by atoms with Gasteiger partial charge in [-0.15, -0.1) is 0 Å². The number of ketones is 1. The van der Waals surface area contributed by atoms with Crippen LogP contribution in [0.1, 0.15) is 15.9 Å². The van der Waals surface area contributed by atoms with Gasteiger partial charge in [-0.2, -0.15) is 0 Å². The first-order valence-electron chi connectivity index (χ1n) is 5.35. The zero-order valence-corrected chi connectivity index (χ0v) is 13.8. The lowest BCUT2D eigenvalue weighted by molar-refractivity contribution is 0.103. The third-order valence-electron chi connectivity index (χ3n) is 2.54. The van der Waals surface area contributed by atoms with E-state index in [1.165, 1.54) is 7.11 Å². The summed E-state index contributed by atoms with van der Waals surface area (Å²) in [4.78, 5) is 12.4. The van der Waals surface area contributed by atoms with Crippen LogP contribution in [-0.4, -0.2) is 12.9 Å². The minimum absolute atomic E-state index is 0.0912. The molecular weight excluding hydrogens is 395 g/mol. The molecule has 2 rings (SSSR count). The number of hydrogen-bond donors (Lipinski definition) is 0. The van der Waals surface area contributed by atoms with E-state index in [9.17, 15) is 4.79 Å². The molecule has 2 aromatic carbocycles. The van der Waals surface area contributed by atoms with E-state index < -0.39 is 0 Å². The fourth-order valence-electron chi connectivity index (χ4n) is 1.66. The highest BCUT2D eigenvalue weighted by Crippen LogP contribution is 2.27. The van der Waals surface area contributed by atoms with Gasteiger partial charge in [0.15, 0.2) is 5.78 Å². The predicted octanol–water partition coefficient (Wildman–Crippen LogP) is 5.10. The Labute approximate surface area is 133 Å². The topological polar surface area (TPSA) is 26.3 Å². The molecule has 0 radical (unpaired) electrons. The van der Waals surface area contributed by atoms with E-state index in [1.807, 2.05) is 6.07 Å². The molecule has 5 heteroatoms. The predicted molar refractivity (Wildman–Crippen MR) is 83.3 cm³/mol. The van der Waals surface area contributed by atoms with E-state index in [1.54, 1.807) is 30.3 Å². The van der Waals surface area contributed by atoms with Gasteiger partial charge in [0.2, 0.25) is 0 Å². The Bertz CT molecular complexity index is 621. The first-order chi connectivity index (χ1) is 9.01. The molecule has 2 aromatic rings. The van der Waals surface area contributed by atoms with Crippen LogP contribution in [0.25, 0.3) is 0 Å². The summed E-state index contributed by atoms with van der Waals surface area (Å²) >= 11 is 12.8. The molecule has 98 valence electrons. The van der Waals surface area contributed by atoms with Crippen LogP contribution in [0.2, 0.25) is 5.02 Å². The van der Waals surface area contributed by atoms with Gasteiger partial charge in [0.1, 0.15) is 5.75 Å². The van der Waals surface area contributed by atoms with Crippen molar-refractivity contribution in [1.82, 2.24) is 0 Å². The third-order valence-corrected chi connectivity index (χ3v) is 3.75. The van der Waals surface area contributed by atoms with E-state index in [-0.39, 0.29) is 5.78 Å². The Kier molecular flexibility index (Phi) is 4.66. The largest absolute Gasteiger partial charge is 0.495 e. The molecule has 0 unspecified atom stereocenters. The number of halogens is 3. The van der Waals surface area contributed by atoms with Crippen molar-refractivity contribution in [3.63, 3.8) is 0 Å². The molecule has 0 fully saturated rings. The van der Waals surface area contributed by atoms with Crippen molar-refractivity contribution in [1.29, 1.82) is 0 Å². The molecule has 0 aromatic heterocycles. The Morgan fingerprint density at radius 1 is 1.05 bits per heavy atom. The van der Waals surface area contributed by atoms with Gasteiger partial charge < -0.3 is 4.74 Å². The Hall–Kier alpha value is -0.840. The summed E-state index contributed by atoms with van der Waals surface area (Å²) in [5.74, 6) is 0.459. The number of carbonyl (C=O) groups is 1. The molecule has 0 bridgehead atoms. The number of hydrogen-bond acceptors (Lipinski definition) is 2. The van der Waals surface area contributed by atoms with Crippen molar-refractivity contribution < 1.29 is 9.53 Å². The molecule has 0 aliphatic carbocycles. The van der Waals surface area contributed by atoms with Crippen molar-refractivity contribution in [3.8, 4) is 5.75 Å². The molecule has 0 atom stereocenters. The average Bonchev–Trinajstić information content (AvgIpc) is 2.36. The summed E-state index contributed by atoms with van der Waals surface area (Å²) in [7, 11) is 1.54. The fraction of sp³-hybridized carbons (Fsp3) is 0.0714. The molecule has 0 amide bonds. The first-order valence-corrected chi connectivity index (χ1v) is 7.32. The fourth-order valence-corrected chi connectivity index (χ4v) is 3.21. The maximum atomic E-state index is 12.4. The molecular formula is C14H9Br2ClO2. The monoisotopic (exact) mass is 402 g/mol. The van der Waals surface area contributed by atoms with Gasteiger partial charge in [-0.25, -0.2) is 0 Å². The van der Waals surface area contributed by atoms with Crippen LogP contribution in [0.3, 0.4) is 0 Å². The van der Waals surface area contributed by atoms with Gasteiger partial charge in [0.05, 0.1) is 12.1 Å². The summed E-state index contributed by atoms with van der Waals surface area (Å²) in [5, 5.41) is 0.419. The lowest BCUT2D eigenvalue weighted by Gasteiger charge is -2.06. The van der Waals surface area contributed by atoms with E-state index in [4.69, 9.17) is 16.3 Å². The zero-order chi connectivity index (χ0) is 14.0. The summed E-state index contributed by atoms with van der Waals surface area (Å²) in [6, 6.07) is 10.4. The number of carbonyl (C=O) groups excluding carboxylic acids is 1. The maximum Gasteiger partial charge on any atom is 0.193 e. The molecule has 2 nitrogen and oxygen atoms in total. The van der Waals surface area contributed by atoms with Gasteiger partial charge in [0.25, 0.3) is 0 Å². The standard InChI is InChI=1S/C14H9Br2ClO2/c1-19-13-3-2-8(6-12(13)17)14(18)9-4-10(15)7-11(16)5-9/h2-7H,1H3. The highest BCUT2D eigenvalue weighted by molar-refractivity contribution is 9.11. The van der Waals surface area contributed by atoms with E-state index >= 15 is 0 Å². The van der Waals surface area contributed by atoms with Crippen molar-refractivity contribution in [2.45, 2.75) is 0 Å². The lowest BCUT2D eigenvalue weighted by atomic mass is 10.0. The van der Waals surface area contributed by atoms with Crippen LogP contribution in [0.4, 0.5) is 0 Å². The van der Waals surface area contributed by atoms with Gasteiger partial charge in [-0.1, -0.05) is 43.5 Å². The third kappa shape index (κ3) is 3.38. The number of ether oxygens (including phenoxy) is 1. The molecule has 0 saturated carbocycles. The van der Waals surface area contributed by atoms with E-state index in [0.29, 0.717) is 21.9 Å². The number of rotatable bonds is 3. The van der Waals surface area contributed by atoms with Crippen LogP contribution in [0.5, 0.6) is 5.75 Å². The summed E-state index contributed by atoms with van der Waals surface area (Å²) in [6.45, 7) is 0. The Balaban J connectivity index is 2.41. The normalized spacial score (nSPS) is 10.3. The minimum Gasteiger partial charge on any atom is -0.495 e. The second kappa shape index (κ2) is 6.07. The second-order valence-corrected chi connectivity index (χ2v) is 6.08. The molecule has 0 aliphatic rings. The van der Waals surface area contributed by atoms with Crippen molar-refractivity contribution in [3.05, 3.63) is 61.5 Å².